The van der Waals surface area contributed by atoms with Crippen molar-refractivity contribution < 1.29 is 38.7 Å². The predicted octanol–water partition coefficient (Wildman–Crippen LogP) is 2.55. The van der Waals surface area contributed by atoms with Crippen molar-refractivity contribution in [1.82, 2.24) is 4.90 Å². The van der Waals surface area contributed by atoms with Gasteiger partial charge in [0, 0.05) is 30.8 Å². The first-order chi connectivity index (χ1) is 15.9. The van der Waals surface area contributed by atoms with Crippen LogP contribution in [0.4, 0.5) is 0 Å². The Hall–Kier alpha value is -3.72. The molecular weight excluding hydrogens is 430 g/mol. The maximum absolute atomic E-state index is 13.0. The number of phenols is 2. The van der Waals surface area contributed by atoms with Crippen molar-refractivity contribution in [3.05, 3.63) is 59.0 Å². The Kier molecular flexibility index (Phi) is 6.41. The number of phenolic OH excluding ortho intramolecular Hbond substituents is 2. The number of morpholine rings is 1. The Morgan fingerprint density at radius 3 is 2.58 bits per heavy atom. The summed E-state index contributed by atoms with van der Waals surface area (Å²) in [5, 5.41) is 20.8. The van der Waals surface area contributed by atoms with Gasteiger partial charge in [0.25, 0.3) is 0 Å². The highest BCUT2D eigenvalue weighted by Crippen LogP contribution is 2.47. The van der Waals surface area contributed by atoms with Crippen LogP contribution in [-0.2, 0) is 14.3 Å². The molecule has 2 aliphatic rings. The van der Waals surface area contributed by atoms with E-state index in [1.165, 1.54) is 32.4 Å². The van der Waals surface area contributed by atoms with Crippen molar-refractivity contribution in [3.8, 4) is 23.0 Å². The third kappa shape index (κ3) is 4.45. The molecule has 0 amide bonds. The summed E-state index contributed by atoms with van der Waals surface area (Å²) in [6.07, 6.45) is 1.53. The first-order valence-electron chi connectivity index (χ1n) is 10.5. The number of hydrogen-bond acceptors (Lipinski definition) is 9. The monoisotopic (exact) mass is 455 g/mol. The zero-order valence-electron chi connectivity index (χ0n) is 18.4. The third-order valence-electron chi connectivity index (χ3n) is 5.75. The first kappa shape index (κ1) is 22.5. The van der Waals surface area contributed by atoms with Crippen molar-refractivity contribution in [1.29, 1.82) is 0 Å². The van der Waals surface area contributed by atoms with Gasteiger partial charge in [0.15, 0.2) is 17.3 Å². The summed E-state index contributed by atoms with van der Waals surface area (Å²) in [6, 6.07) is 7.54. The van der Waals surface area contributed by atoms with Gasteiger partial charge in [0.1, 0.15) is 11.5 Å². The van der Waals surface area contributed by atoms with E-state index in [9.17, 15) is 19.8 Å². The number of carbonyl (C=O) groups excluding carboxylic acids is 2. The summed E-state index contributed by atoms with van der Waals surface area (Å²) in [4.78, 5) is 27.3. The molecule has 2 aromatic rings. The zero-order valence-corrected chi connectivity index (χ0v) is 18.4. The van der Waals surface area contributed by atoms with Gasteiger partial charge in [0.05, 0.1) is 39.4 Å². The van der Waals surface area contributed by atoms with E-state index < -0.39 is 11.9 Å². The lowest BCUT2D eigenvalue weighted by molar-refractivity contribution is -0.140. The minimum atomic E-state index is -0.725. The van der Waals surface area contributed by atoms with Gasteiger partial charge in [-0.15, -0.1) is 0 Å². The standard InChI is InChI=1S/C24H25NO8/c1-30-19-11-14(3-5-17(19)26)16(12-21(28)31-2)22-18(27)6-4-15-23(29)20(33-24(15)22)13-25-7-9-32-10-8-25/h3-6,11,13,16,26-27H,7-10,12H2,1-2H3. The average Bonchev–Trinajstić information content (AvgIpc) is 3.13. The van der Waals surface area contributed by atoms with Gasteiger partial charge in [-0.25, -0.2) is 0 Å². The molecule has 33 heavy (non-hydrogen) atoms. The molecule has 2 N–H and O–H groups in total. The molecule has 4 rings (SSSR count). The molecular formula is C24H25NO8. The Labute approximate surface area is 190 Å². The number of nitrogens with zero attached hydrogens (tertiary/aromatic N) is 1. The molecule has 0 saturated carbocycles. The van der Waals surface area contributed by atoms with Crippen LogP contribution in [0.1, 0.15) is 33.8 Å². The number of hydrogen-bond donors (Lipinski definition) is 2. The topological polar surface area (TPSA) is 115 Å². The molecule has 2 aromatic carbocycles. The van der Waals surface area contributed by atoms with Crippen LogP contribution in [0.25, 0.3) is 0 Å². The lowest BCUT2D eigenvalue weighted by Crippen LogP contribution is -2.32. The molecule has 1 atom stereocenters. The molecule has 0 radical (unpaired) electrons. The van der Waals surface area contributed by atoms with E-state index in [0.717, 1.165) is 0 Å². The minimum Gasteiger partial charge on any atom is -0.508 e. The molecule has 2 aliphatic heterocycles. The number of ketones is 1. The molecule has 9 nitrogen and oxygen atoms in total. The second kappa shape index (κ2) is 9.41. The normalized spacial score (nSPS) is 17.5. The number of benzene rings is 2. The fourth-order valence-electron chi connectivity index (χ4n) is 4.01. The summed E-state index contributed by atoms with van der Waals surface area (Å²) in [5.74, 6) is -1.20. The van der Waals surface area contributed by atoms with E-state index in [-0.39, 0.29) is 46.5 Å². The molecule has 0 bridgehead atoms. The maximum Gasteiger partial charge on any atom is 0.306 e. The van der Waals surface area contributed by atoms with Gasteiger partial charge >= 0.3 is 5.97 Å². The fourth-order valence-corrected chi connectivity index (χ4v) is 4.01. The summed E-state index contributed by atoms with van der Waals surface area (Å²) in [5.41, 5.74) is 1.15. The second-order valence-electron chi connectivity index (χ2n) is 7.71. The van der Waals surface area contributed by atoms with Crippen LogP contribution in [0.2, 0.25) is 0 Å². The molecule has 1 saturated heterocycles. The number of fused-ring (bicyclic) bond motifs is 1. The lowest BCUT2D eigenvalue weighted by atomic mass is 9.86. The Morgan fingerprint density at radius 1 is 1.15 bits per heavy atom. The van der Waals surface area contributed by atoms with Gasteiger partial charge in [-0.3, -0.25) is 9.59 Å². The number of allylic oxidation sites excluding steroid dienone is 1. The van der Waals surface area contributed by atoms with Crippen LogP contribution in [0, 0.1) is 0 Å². The molecule has 0 aromatic heterocycles. The van der Waals surface area contributed by atoms with E-state index >= 15 is 0 Å². The van der Waals surface area contributed by atoms with Crippen LogP contribution in [0.3, 0.4) is 0 Å². The second-order valence-corrected chi connectivity index (χ2v) is 7.71. The molecule has 2 heterocycles. The minimum absolute atomic E-state index is 0.0669. The largest absolute Gasteiger partial charge is 0.508 e. The van der Waals surface area contributed by atoms with Gasteiger partial charge in [-0.1, -0.05) is 6.07 Å². The van der Waals surface area contributed by atoms with Crippen molar-refractivity contribution in [2.45, 2.75) is 12.3 Å². The molecule has 1 unspecified atom stereocenters. The van der Waals surface area contributed by atoms with E-state index in [2.05, 4.69) is 0 Å². The fraction of sp³-hybridized carbons (Fsp3) is 0.333. The van der Waals surface area contributed by atoms with E-state index in [1.54, 1.807) is 18.3 Å². The average molecular weight is 455 g/mol. The number of esters is 1. The molecule has 0 spiro atoms. The number of carbonyl (C=O) groups is 2. The van der Waals surface area contributed by atoms with Crippen molar-refractivity contribution in [2.75, 3.05) is 40.5 Å². The van der Waals surface area contributed by atoms with Crippen LogP contribution in [-0.4, -0.2) is 67.4 Å². The van der Waals surface area contributed by atoms with Crippen molar-refractivity contribution in [3.63, 3.8) is 0 Å². The third-order valence-corrected chi connectivity index (χ3v) is 5.75. The van der Waals surface area contributed by atoms with Crippen molar-refractivity contribution >= 4 is 11.8 Å². The predicted molar refractivity (Wildman–Crippen MR) is 117 cm³/mol. The smallest absolute Gasteiger partial charge is 0.306 e. The first-order valence-corrected chi connectivity index (χ1v) is 10.5. The van der Waals surface area contributed by atoms with Crippen LogP contribution >= 0.6 is 0 Å². The number of aromatic hydroxyl groups is 2. The highest BCUT2D eigenvalue weighted by molar-refractivity contribution is 6.12. The van der Waals surface area contributed by atoms with Crippen LogP contribution < -0.4 is 9.47 Å². The quantitative estimate of drug-likeness (QED) is 0.501. The molecule has 174 valence electrons. The summed E-state index contributed by atoms with van der Waals surface area (Å²) in [7, 11) is 2.69. The highest BCUT2D eigenvalue weighted by Gasteiger charge is 2.36. The van der Waals surface area contributed by atoms with Crippen LogP contribution in [0.15, 0.2) is 42.3 Å². The number of methoxy groups -OCH3 is 2. The lowest BCUT2D eigenvalue weighted by Gasteiger charge is -2.25. The molecule has 1 fully saturated rings. The van der Waals surface area contributed by atoms with Gasteiger partial charge in [-0.2, -0.15) is 0 Å². The number of rotatable bonds is 6. The van der Waals surface area contributed by atoms with Crippen molar-refractivity contribution in [2.24, 2.45) is 0 Å². The van der Waals surface area contributed by atoms with E-state index in [1.807, 2.05) is 4.90 Å². The zero-order chi connectivity index (χ0) is 23.5. The molecule has 9 heteroatoms. The SMILES string of the molecule is COC(=O)CC(c1ccc(O)c(OC)c1)c1c(O)ccc2c1OC(=CN1CCOCC1)C2=O. The summed E-state index contributed by atoms with van der Waals surface area (Å²) < 4.78 is 21.4. The summed E-state index contributed by atoms with van der Waals surface area (Å²) >= 11 is 0. The van der Waals surface area contributed by atoms with E-state index in [0.29, 0.717) is 37.4 Å². The van der Waals surface area contributed by atoms with Gasteiger partial charge < -0.3 is 34.1 Å². The van der Waals surface area contributed by atoms with Gasteiger partial charge in [0.2, 0.25) is 5.78 Å². The highest BCUT2D eigenvalue weighted by atomic mass is 16.5. The maximum atomic E-state index is 13.0. The summed E-state index contributed by atoms with van der Waals surface area (Å²) in [6.45, 7) is 2.38. The Balaban J connectivity index is 1.79. The Morgan fingerprint density at radius 2 is 1.88 bits per heavy atom. The van der Waals surface area contributed by atoms with Crippen LogP contribution in [0.5, 0.6) is 23.0 Å². The number of Topliss-reactive ketones (excluding diaryl/α,β-unsaturated/α-hetero) is 1. The van der Waals surface area contributed by atoms with Gasteiger partial charge in [-0.05, 0) is 29.8 Å². The Bertz CT molecular complexity index is 1100. The number of ether oxygens (including phenoxy) is 4. The van der Waals surface area contributed by atoms with E-state index in [4.69, 9.17) is 18.9 Å². The molecule has 0 aliphatic carbocycles.